The van der Waals surface area contributed by atoms with Crippen molar-refractivity contribution in [1.29, 1.82) is 0 Å². The molecule has 12 heavy (non-hydrogen) atoms. The van der Waals surface area contributed by atoms with E-state index in [0.29, 0.717) is 0 Å². The van der Waals surface area contributed by atoms with Gasteiger partial charge in [0.25, 0.3) is 0 Å². The van der Waals surface area contributed by atoms with Crippen LogP contribution < -0.4 is 0 Å². The molecule has 0 saturated carbocycles. The first-order valence-corrected chi connectivity index (χ1v) is 5.72. The first kappa shape index (κ1) is 8.08. The van der Waals surface area contributed by atoms with Gasteiger partial charge >= 0.3 is 0 Å². The van der Waals surface area contributed by atoms with Gasteiger partial charge in [0.2, 0.25) is 0 Å². The molecule has 0 aliphatic rings. The molecule has 3 heteroatoms. The van der Waals surface area contributed by atoms with Crippen LogP contribution in [0.2, 0.25) is 0 Å². The summed E-state index contributed by atoms with van der Waals surface area (Å²) in [5, 5.41) is 0. The van der Waals surface area contributed by atoms with Crippen molar-refractivity contribution in [1.82, 2.24) is 4.98 Å². The SMILES string of the molecule is CCSc1ccc2scnc2c1. The van der Waals surface area contributed by atoms with Crippen LogP contribution in [0.25, 0.3) is 10.2 Å². The van der Waals surface area contributed by atoms with Crippen LogP contribution in [-0.4, -0.2) is 10.7 Å². The molecule has 0 N–H and O–H groups in total. The number of fused-ring (bicyclic) bond motifs is 1. The van der Waals surface area contributed by atoms with Crippen LogP contribution in [0, 0.1) is 0 Å². The number of hydrogen-bond donors (Lipinski definition) is 0. The molecule has 0 atom stereocenters. The average Bonchev–Trinajstić information content (AvgIpc) is 2.51. The summed E-state index contributed by atoms with van der Waals surface area (Å²) in [6.07, 6.45) is 0. The number of thiazole rings is 1. The van der Waals surface area contributed by atoms with Gasteiger partial charge in [-0.25, -0.2) is 4.98 Å². The zero-order chi connectivity index (χ0) is 8.39. The highest BCUT2D eigenvalue weighted by molar-refractivity contribution is 7.99. The molecule has 0 spiro atoms. The van der Waals surface area contributed by atoms with E-state index >= 15 is 0 Å². The van der Waals surface area contributed by atoms with Crippen LogP contribution in [0.1, 0.15) is 6.92 Å². The molecule has 1 aromatic carbocycles. The lowest BCUT2D eigenvalue weighted by Crippen LogP contribution is -1.72. The van der Waals surface area contributed by atoms with E-state index in [1.165, 1.54) is 9.60 Å². The van der Waals surface area contributed by atoms with E-state index in [0.717, 1.165) is 11.3 Å². The first-order valence-electron chi connectivity index (χ1n) is 3.86. The molecule has 0 aliphatic heterocycles. The van der Waals surface area contributed by atoms with Gasteiger partial charge in [0, 0.05) is 4.90 Å². The zero-order valence-electron chi connectivity index (χ0n) is 6.78. The lowest BCUT2D eigenvalue weighted by atomic mass is 10.3. The molecule has 2 rings (SSSR count). The van der Waals surface area contributed by atoms with Gasteiger partial charge in [0.1, 0.15) is 0 Å². The van der Waals surface area contributed by atoms with E-state index in [2.05, 4.69) is 30.1 Å². The minimum absolute atomic E-state index is 1.12. The van der Waals surface area contributed by atoms with Crippen molar-refractivity contribution in [3.63, 3.8) is 0 Å². The van der Waals surface area contributed by atoms with Gasteiger partial charge in [0.05, 0.1) is 15.7 Å². The molecule has 1 heterocycles. The van der Waals surface area contributed by atoms with E-state index in [4.69, 9.17) is 0 Å². The summed E-state index contributed by atoms with van der Waals surface area (Å²) in [5.74, 6) is 1.12. The second kappa shape index (κ2) is 3.46. The number of hydrogen-bond acceptors (Lipinski definition) is 3. The quantitative estimate of drug-likeness (QED) is 0.681. The van der Waals surface area contributed by atoms with Gasteiger partial charge in [-0.15, -0.1) is 23.1 Å². The van der Waals surface area contributed by atoms with Crippen LogP contribution >= 0.6 is 23.1 Å². The van der Waals surface area contributed by atoms with Gasteiger partial charge in [-0.05, 0) is 24.0 Å². The van der Waals surface area contributed by atoms with Crippen molar-refractivity contribution in [2.45, 2.75) is 11.8 Å². The smallest absolute Gasteiger partial charge is 0.0823 e. The topological polar surface area (TPSA) is 12.9 Å². The van der Waals surface area contributed by atoms with Crippen LogP contribution in [0.15, 0.2) is 28.6 Å². The van der Waals surface area contributed by atoms with Crippen LogP contribution in [0.4, 0.5) is 0 Å². The molecule has 0 radical (unpaired) electrons. The Bertz CT molecular complexity index is 381. The van der Waals surface area contributed by atoms with Crippen LogP contribution in [0.5, 0.6) is 0 Å². The predicted molar refractivity (Wildman–Crippen MR) is 56.0 cm³/mol. The lowest BCUT2D eigenvalue weighted by molar-refractivity contribution is 1.42. The first-order chi connectivity index (χ1) is 5.90. The number of aromatic nitrogens is 1. The monoisotopic (exact) mass is 195 g/mol. The second-order valence-electron chi connectivity index (χ2n) is 2.41. The molecule has 62 valence electrons. The van der Waals surface area contributed by atoms with Crippen molar-refractivity contribution >= 4 is 33.3 Å². The average molecular weight is 195 g/mol. The normalized spacial score (nSPS) is 10.8. The molecule has 1 nitrogen and oxygen atoms in total. The lowest BCUT2D eigenvalue weighted by Gasteiger charge is -1.96. The van der Waals surface area contributed by atoms with Gasteiger partial charge in [-0.2, -0.15) is 0 Å². The van der Waals surface area contributed by atoms with E-state index in [1.54, 1.807) is 11.3 Å². The number of rotatable bonds is 2. The van der Waals surface area contributed by atoms with Crippen LogP contribution in [0.3, 0.4) is 0 Å². The summed E-state index contributed by atoms with van der Waals surface area (Å²) in [7, 11) is 0. The van der Waals surface area contributed by atoms with Crippen LogP contribution in [-0.2, 0) is 0 Å². The van der Waals surface area contributed by atoms with E-state index in [9.17, 15) is 0 Å². The van der Waals surface area contributed by atoms with Gasteiger partial charge in [0.15, 0.2) is 0 Å². The summed E-state index contributed by atoms with van der Waals surface area (Å²) in [6, 6.07) is 6.46. The Morgan fingerprint density at radius 1 is 1.50 bits per heavy atom. The van der Waals surface area contributed by atoms with Gasteiger partial charge in [-0.3, -0.25) is 0 Å². The standard InChI is InChI=1S/C9H9NS2/c1-2-11-7-3-4-9-8(5-7)10-6-12-9/h3-6H,2H2,1H3. The minimum atomic E-state index is 1.12. The number of benzene rings is 1. The maximum absolute atomic E-state index is 4.27. The van der Waals surface area contributed by atoms with E-state index < -0.39 is 0 Å². The summed E-state index contributed by atoms with van der Waals surface area (Å²) >= 11 is 3.55. The highest BCUT2D eigenvalue weighted by Gasteiger charge is 1.97. The van der Waals surface area contributed by atoms with Crippen molar-refractivity contribution in [2.75, 3.05) is 5.75 Å². The van der Waals surface area contributed by atoms with Crippen molar-refractivity contribution in [3.8, 4) is 0 Å². The fourth-order valence-corrected chi connectivity index (χ4v) is 2.45. The molecule has 0 unspecified atom stereocenters. The Hall–Kier alpha value is -0.540. The number of thioether (sulfide) groups is 1. The predicted octanol–water partition coefficient (Wildman–Crippen LogP) is 3.41. The Morgan fingerprint density at radius 3 is 3.25 bits per heavy atom. The van der Waals surface area contributed by atoms with Crippen molar-refractivity contribution in [2.24, 2.45) is 0 Å². The zero-order valence-corrected chi connectivity index (χ0v) is 8.41. The maximum atomic E-state index is 4.27. The fraction of sp³-hybridized carbons (Fsp3) is 0.222. The summed E-state index contributed by atoms with van der Waals surface area (Å²) in [6.45, 7) is 2.16. The third-order valence-corrected chi connectivity index (χ3v) is 3.30. The highest BCUT2D eigenvalue weighted by atomic mass is 32.2. The fourth-order valence-electron chi connectivity index (χ4n) is 1.09. The molecule has 0 fully saturated rings. The van der Waals surface area contributed by atoms with E-state index in [1.807, 2.05) is 17.3 Å². The second-order valence-corrected chi connectivity index (χ2v) is 4.64. The molecule has 0 saturated heterocycles. The molecule has 2 aromatic rings. The third kappa shape index (κ3) is 1.47. The van der Waals surface area contributed by atoms with E-state index in [-0.39, 0.29) is 0 Å². The summed E-state index contributed by atoms with van der Waals surface area (Å²) < 4.78 is 1.27. The largest absolute Gasteiger partial charge is 0.245 e. The molecular formula is C9H9NS2. The maximum Gasteiger partial charge on any atom is 0.0823 e. The Balaban J connectivity index is 2.46. The summed E-state index contributed by atoms with van der Waals surface area (Å²) in [5.41, 5.74) is 3.02. The van der Waals surface area contributed by atoms with Gasteiger partial charge in [-0.1, -0.05) is 6.92 Å². The third-order valence-electron chi connectivity index (χ3n) is 1.61. The minimum Gasteiger partial charge on any atom is -0.245 e. The summed E-state index contributed by atoms with van der Waals surface area (Å²) in [4.78, 5) is 5.58. The molecule has 0 aliphatic carbocycles. The molecular weight excluding hydrogens is 186 g/mol. The van der Waals surface area contributed by atoms with Gasteiger partial charge < -0.3 is 0 Å². The van der Waals surface area contributed by atoms with Crippen molar-refractivity contribution < 1.29 is 0 Å². The Morgan fingerprint density at radius 2 is 2.42 bits per heavy atom. The molecule has 0 amide bonds. The molecule has 1 aromatic heterocycles. The number of nitrogens with zero attached hydrogens (tertiary/aromatic N) is 1. The Labute approximate surface area is 79.8 Å². The van der Waals surface area contributed by atoms with Crippen molar-refractivity contribution in [3.05, 3.63) is 23.7 Å². The highest BCUT2D eigenvalue weighted by Crippen LogP contribution is 2.24. The molecule has 0 bridgehead atoms. The Kier molecular flexibility index (Phi) is 2.33.